The van der Waals surface area contributed by atoms with Crippen LogP contribution in [0.5, 0.6) is 0 Å². The van der Waals surface area contributed by atoms with Gasteiger partial charge in [-0.15, -0.1) is 0 Å². The highest BCUT2D eigenvalue weighted by molar-refractivity contribution is 5.88. The predicted molar refractivity (Wildman–Crippen MR) is 80.9 cm³/mol. The minimum atomic E-state index is -0.372. The monoisotopic (exact) mass is 287 g/mol. The number of aromatic nitrogens is 2. The number of carbonyl (C=O) groups is 1. The lowest BCUT2D eigenvalue weighted by Gasteiger charge is -2.07. The van der Waals surface area contributed by atoms with E-state index in [9.17, 15) is 4.79 Å². The molecular formula is C16H21N3O2. The summed E-state index contributed by atoms with van der Waals surface area (Å²) in [5.41, 5.74) is 8.58. The van der Waals surface area contributed by atoms with Gasteiger partial charge in [0, 0.05) is 24.6 Å². The van der Waals surface area contributed by atoms with Crippen molar-refractivity contribution in [1.29, 1.82) is 0 Å². The van der Waals surface area contributed by atoms with Crippen LogP contribution in [0.4, 0.5) is 0 Å². The van der Waals surface area contributed by atoms with Gasteiger partial charge in [-0.3, -0.25) is 4.98 Å². The molecule has 0 aliphatic heterocycles. The molecule has 1 atom stereocenters. The molecule has 0 spiro atoms. The zero-order chi connectivity index (χ0) is 15.2. The average Bonchev–Trinajstić information content (AvgIpc) is 2.96. The van der Waals surface area contributed by atoms with E-state index in [0.717, 1.165) is 24.1 Å². The van der Waals surface area contributed by atoms with Crippen molar-refractivity contribution < 1.29 is 9.53 Å². The van der Waals surface area contributed by atoms with Crippen LogP contribution in [0, 0.1) is 0 Å². The van der Waals surface area contributed by atoms with Gasteiger partial charge in [-0.2, -0.15) is 0 Å². The minimum absolute atomic E-state index is 0.0888. The summed E-state index contributed by atoms with van der Waals surface area (Å²) in [4.78, 5) is 15.6. The molecule has 2 heterocycles. The third kappa shape index (κ3) is 3.92. The van der Waals surface area contributed by atoms with Crippen LogP contribution >= 0.6 is 0 Å². The number of carbonyl (C=O) groups excluding carboxylic acids is 1. The molecular weight excluding hydrogens is 266 g/mol. The van der Waals surface area contributed by atoms with Gasteiger partial charge in [0.25, 0.3) is 0 Å². The van der Waals surface area contributed by atoms with Gasteiger partial charge < -0.3 is 15.0 Å². The van der Waals surface area contributed by atoms with Crippen molar-refractivity contribution in [1.82, 2.24) is 9.55 Å². The first kappa shape index (κ1) is 15.3. The molecule has 5 heteroatoms. The lowest BCUT2D eigenvalue weighted by Crippen LogP contribution is -2.09. The molecule has 0 saturated carbocycles. The van der Waals surface area contributed by atoms with Gasteiger partial charge in [0.05, 0.1) is 24.9 Å². The Balaban J connectivity index is 2.03. The molecule has 0 aliphatic rings. The zero-order valence-corrected chi connectivity index (χ0v) is 12.5. The van der Waals surface area contributed by atoms with Gasteiger partial charge >= 0.3 is 5.97 Å². The first-order chi connectivity index (χ1) is 10.1. The Morgan fingerprint density at radius 1 is 1.43 bits per heavy atom. The largest absolute Gasteiger partial charge is 0.465 e. The SMILES string of the molecule is CCCC(N)c1ccn(Cc2ccc(C(=O)OC)cn2)c1. The van der Waals surface area contributed by atoms with Crippen molar-refractivity contribution >= 4 is 5.97 Å². The zero-order valence-electron chi connectivity index (χ0n) is 12.5. The first-order valence-corrected chi connectivity index (χ1v) is 7.08. The number of esters is 1. The molecule has 112 valence electrons. The second-order valence-corrected chi connectivity index (χ2v) is 5.04. The Morgan fingerprint density at radius 3 is 2.86 bits per heavy atom. The summed E-state index contributed by atoms with van der Waals surface area (Å²) in [6.07, 6.45) is 7.64. The number of ether oxygens (including phenoxy) is 1. The van der Waals surface area contributed by atoms with Crippen LogP contribution < -0.4 is 5.73 Å². The highest BCUT2D eigenvalue weighted by atomic mass is 16.5. The van der Waals surface area contributed by atoms with Gasteiger partial charge in [0.2, 0.25) is 0 Å². The normalized spacial score (nSPS) is 12.1. The second kappa shape index (κ2) is 7.04. The topological polar surface area (TPSA) is 70.1 Å². The molecule has 0 fully saturated rings. The molecule has 0 aromatic carbocycles. The maximum Gasteiger partial charge on any atom is 0.339 e. The van der Waals surface area contributed by atoms with Crippen LogP contribution in [0.1, 0.15) is 47.4 Å². The molecule has 2 rings (SSSR count). The van der Waals surface area contributed by atoms with Crippen LogP contribution in [-0.2, 0) is 11.3 Å². The van der Waals surface area contributed by atoms with Crippen molar-refractivity contribution in [3.63, 3.8) is 0 Å². The van der Waals surface area contributed by atoms with Crippen molar-refractivity contribution in [2.24, 2.45) is 5.73 Å². The summed E-state index contributed by atoms with van der Waals surface area (Å²) in [6.45, 7) is 2.78. The molecule has 0 saturated heterocycles. The standard InChI is InChI=1S/C16H21N3O2/c1-3-4-15(17)13-7-8-19(10-13)11-14-6-5-12(9-18-14)16(20)21-2/h5-10,15H,3-4,11,17H2,1-2H3. The molecule has 0 bridgehead atoms. The van der Waals surface area contributed by atoms with Crippen LogP contribution in [0.15, 0.2) is 36.8 Å². The van der Waals surface area contributed by atoms with Crippen molar-refractivity contribution in [3.8, 4) is 0 Å². The van der Waals surface area contributed by atoms with Crippen LogP contribution in [0.2, 0.25) is 0 Å². The maximum absolute atomic E-state index is 11.3. The smallest absolute Gasteiger partial charge is 0.339 e. The highest BCUT2D eigenvalue weighted by Gasteiger charge is 2.08. The van der Waals surface area contributed by atoms with Gasteiger partial charge in [-0.05, 0) is 30.2 Å². The van der Waals surface area contributed by atoms with E-state index >= 15 is 0 Å². The van der Waals surface area contributed by atoms with Crippen LogP contribution in [0.25, 0.3) is 0 Å². The average molecular weight is 287 g/mol. The van der Waals surface area contributed by atoms with Gasteiger partial charge in [0.1, 0.15) is 0 Å². The van der Waals surface area contributed by atoms with E-state index in [0.29, 0.717) is 12.1 Å². The quantitative estimate of drug-likeness (QED) is 0.829. The Labute approximate surface area is 124 Å². The summed E-state index contributed by atoms with van der Waals surface area (Å²) < 4.78 is 6.70. The van der Waals surface area contributed by atoms with Crippen molar-refractivity contribution in [2.75, 3.05) is 7.11 Å². The Bertz CT molecular complexity index is 590. The molecule has 2 aromatic heterocycles. The van der Waals surface area contributed by atoms with E-state index in [1.54, 1.807) is 6.07 Å². The number of nitrogens with two attached hydrogens (primary N) is 1. The Morgan fingerprint density at radius 2 is 2.24 bits per heavy atom. The second-order valence-electron chi connectivity index (χ2n) is 5.04. The van der Waals surface area contributed by atoms with Crippen molar-refractivity contribution in [2.45, 2.75) is 32.4 Å². The van der Waals surface area contributed by atoms with E-state index in [-0.39, 0.29) is 12.0 Å². The summed E-state index contributed by atoms with van der Waals surface area (Å²) >= 11 is 0. The van der Waals surface area contributed by atoms with E-state index in [2.05, 4.69) is 22.8 Å². The molecule has 2 aromatic rings. The third-order valence-corrected chi connectivity index (χ3v) is 3.39. The van der Waals surface area contributed by atoms with Crippen molar-refractivity contribution in [3.05, 3.63) is 53.6 Å². The minimum Gasteiger partial charge on any atom is -0.465 e. The highest BCUT2D eigenvalue weighted by Crippen LogP contribution is 2.16. The van der Waals surface area contributed by atoms with E-state index in [1.807, 2.05) is 22.9 Å². The lowest BCUT2D eigenvalue weighted by atomic mass is 10.1. The summed E-state index contributed by atoms with van der Waals surface area (Å²) in [5, 5.41) is 0. The van der Waals surface area contributed by atoms with E-state index in [4.69, 9.17) is 5.73 Å². The molecule has 1 unspecified atom stereocenters. The van der Waals surface area contributed by atoms with E-state index in [1.165, 1.54) is 13.3 Å². The van der Waals surface area contributed by atoms with Gasteiger partial charge in [-0.25, -0.2) is 4.79 Å². The fraction of sp³-hybridized carbons (Fsp3) is 0.375. The van der Waals surface area contributed by atoms with Crippen LogP contribution in [-0.4, -0.2) is 22.6 Å². The molecule has 0 radical (unpaired) electrons. The van der Waals surface area contributed by atoms with Gasteiger partial charge in [0.15, 0.2) is 0 Å². The predicted octanol–water partition coefficient (Wildman–Crippen LogP) is 2.52. The molecule has 21 heavy (non-hydrogen) atoms. The van der Waals surface area contributed by atoms with Gasteiger partial charge in [-0.1, -0.05) is 13.3 Å². The fourth-order valence-electron chi connectivity index (χ4n) is 2.20. The third-order valence-electron chi connectivity index (χ3n) is 3.39. The number of hydrogen-bond donors (Lipinski definition) is 1. The Hall–Kier alpha value is -2.14. The number of nitrogens with zero attached hydrogens (tertiary/aromatic N) is 2. The lowest BCUT2D eigenvalue weighted by molar-refractivity contribution is 0.0600. The number of hydrogen-bond acceptors (Lipinski definition) is 4. The number of methoxy groups -OCH3 is 1. The first-order valence-electron chi connectivity index (χ1n) is 7.08. The molecule has 5 nitrogen and oxygen atoms in total. The van der Waals surface area contributed by atoms with E-state index < -0.39 is 0 Å². The molecule has 0 amide bonds. The van der Waals surface area contributed by atoms with Crippen LogP contribution in [0.3, 0.4) is 0 Å². The molecule has 2 N–H and O–H groups in total. The number of pyridine rings is 1. The Kier molecular flexibility index (Phi) is 5.11. The summed E-state index contributed by atoms with van der Waals surface area (Å²) in [6, 6.07) is 5.69. The molecule has 0 aliphatic carbocycles. The summed E-state index contributed by atoms with van der Waals surface area (Å²) in [7, 11) is 1.36. The summed E-state index contributed by atoms with van der Waals surface area (Å²) in [5.74, 6) is -0.372. The maximum atomic E-state index is 11.3. The number of rotatable bonds is 6. The fourth-order valence-corrected chi connectivity index (χ4v) is 2.20.